The zero-order chi connectivity index (χ0) is 13.2. The Labute approximate surface area is 120 Å². The molecule has 1 unspecified atom stereocenters. The molecule has 2 saturated carbocycles. The van der Waals surface area contributed by atoms with Crippen molar-refractivity contribution in [2.75, 3.05) is 13.1 Å². The minimum Gasteiger partial charge on any atom is -0.329 e. The van der Waals surface area contributed by atoms with Crippen molar-refractivity contribution in [1.29, 1.82) is 0 Å². The maximum atomic E-state index is 6.27. The summed E-state index contributed by atoms with van der Waals surface area (Å²) in [6.45, 7) is 1.70. The van der Waals surface area contributed by atoms with Crippen molar-refractivity contribution >= 4 is 11.6 Å². The lowest BCUT2D eigenvalue weighted by molar-refractivity contribution is 0.357. The van der Waals surface area contributed by atoms with Crippen molar-refractivity contribution in [3.8, 4) is 0 Å². The first-order valence-electron chi connectivity index (χ1n) is 7.47. The molecule has 2 aliphatic rings. The van der Waals surface area contributed by atoms with Crippen LogP contribution in [0, 0.1) is 17.8 Å². The Morgan fingerprint density at radius 3 is 2.32 bits per heavy atom. The summed E-state index contributed by atoms with van der Waals surface area (Å²) in [5.74, 6) is 2.82. The Morgan fingerprint density at radius 1 is 1.16 bits per heavy atom. The molecule has 19 heavy (non-hydrogen) atoms. The molecule has 3 heteroatoms. The second-order valence-corrected chi connectivity index (χ2v) is 6.46. The third-order valence-corrected chi connectivity index (χ3v) is 4.92. The van der Waals surface area contributed by atoms with Crippen LogP contribution in [0.2, 0.25) is 5.02 Å². The number of hydrogen-bond donors (Lipinski definition) is 2. The van der Waals surface area contributed by atoms with Gasteiger partial charge in [0.1, 0.15) is 0 Å². The molecule has 0 radical (unpaired) electrons. The maximum absolute atomic E-state index is 6.27. The molecular formula is C16H23ClN2. The molecule has 1 atom stereocenters. The standard InChI is InChI=1S/C16H23ClN2/c17-15-4-2-1-3-13(15)16(9-18)19-10-14(11-5-6-11)12-7-8-12/h1-4,11-12,14,16,19H,5-10,18H2. The Morgan fingerprint density at radius 2 is 1.79 bits per heavy atom. The van der Waals surface area contributed by atoms with Gasteiger partial charge in [-0.25, -0.2) is 0 Å². The van der Waals surface area contributed by atoms with Crippen LogP contribution in [-0.2, 0) is 0 Å². The first kappa shape index (κ1) is 13.4. The molecule has 0 saturated heterocycles. The van der Waals surface area contributed by atoms with Crippen LogP contribution in [-0.4, -0.2) is 13.1 Å². The number of hydrogen-bond acceptors (Lipinski definition) is 2. The molecule has 104 valence electrons. The Balaban J connectivity index is 1.61. The molecule has 2 aliphatic carbocycles. The summed E-state index contributed by atoms with van der Waals surface area (Å²) in [5, 5.41) is 4.48. The van der Waals surface area contributed by atoms with Crippen molar-refractivity contribution in [2.45, 2.75) is 31.7 Å². The molecule has 3 rings (SSSR count). The van der Waals surface area contributed by atoms with Crippen LogP contribution in [0.15, 0.2) is 24.3 Å². The number of nitrogens with one attached hydrogen (secondary N) is 1. The van der Waals surface area contributed by atoms with Crippen LogP contribution in [0.3, 0.4) is 0 Å². The summed E-state index contributed by atoms with van der Waals surface area (Å²) in [6.07, 6.45) is 5.73. The number of benzene rings is 1. The first-order valence-corrected chi connectivity index (χ1v) is 7.85. The molecule has 1 aromatic rings. The van der Waals surface area contributed by atoms with Gasteiger partial charge in [0, 0.05) is 17.6 Å². The molecule has 0 amide bonds. The van der Waals surface area contributed by atoms with E-state index in [1.165, 1.54) is 25.7 Å². The summed E-state index contributed by atoms with van der Waals surface area (Å²) in [6, 6.07) is 8.21. The predicted octanol–water partition coefficient (Wildman–Crippen LogP) is 3.37. The minimum atomic E-state index is 0.189. The SMILES string of the molecule is NCC(NCC(C1CC1)C1CC1)c1ccccc1Cl. The van der Waals surface area contributed by atoms with E-state index in [1.54, 1.807) is 0 Å². The summed E-state index contributed by atoms with van der Waals surface area (Å²) in [7, 11) is 0. The monoisotopic (exact) mass is 278 g/mol. The number of rotatable bonds is 7. The second kappa shape index (κ2) is 5.82. The average molecular weight is 279 g/mol. The van der Waals surface area contributed by atoms with Crippen molar-refractivity contribution in [3.05, 3.63) is 34.9 Å². The topological polar surface area (TPSA) is 38.0 Å². The second-order valence-electron chi connectivity index (χ2n) is 6.06. The largest absolute Gasteiger partial charge is 0.329 e. The van der Waals surface area contributed by atoms with Crippen LogP contribution >= 0.6 is 11.6 Å². The predicted molar refractivity (Wildman–Crippen MR) is 80.2 cm³/mol. The van der Waals surface area contributed by atoms with Gasteiger partial charge in [-0.2, -0.15) is 0 Å². The lowest BCUT2D eigenvalue weighted by Gasteiger charge is -2.23. The fraction of sp³-hybridized carbons (Fsp3) is 0.625. The minimum absolute atomic E-state index is 0.189. The van der Waals surface area contributed by atoms with Gasteiger partial charge in [-0.1, -0.05) is 29.8 Å². The van der Waals surface area contributed by atoms with Crippen LogP contribution < -0.4 is 11.1 Å². The van der Waals surface area contributed by atoms with Crippen molar-refractivity contribution < 1.29 is 0 Å². The molecular weight excluding hydrogens is 256 g/mol. The van der Waals surface area contributed by atoms with Gasteiger partial charge in [-0.3, -0.25) is 0 Å². The number of halogens is 1. The van der Waals surface area contributed by atoms with E-state index in [0.717, 1.165) is 34.9 Å². The van der Waals surface area contributed by atoms with Crippen molar-refractivity contribution in [3.63, 3.8) is 0 Å². The molecule has 2 fully saturated rings. The van der Waals surface area contributed by atoms with Gasteiger partial charge in [0.2, 0.25) is 0 Å². The quantitative estimate of drug-likeness (QED) is 0.803. The molecule has 0 heterocycles. The van der Waals surface area contributed by atoms with Gasteiger partial charge >= 0.3 is 0 Å². The highest BCUT2D eigenvalue weighted by atomic mass is 35.5. The van der Waals surface area contributed by atoms with Crippen LogP contribution in [0.1, 0.15) is 37.3 Å². The van der Waals surface area contributed by atoms with Crippen LogP contribution in [0.25, 0.3) is 0 Å². The normalized spacial score (nSPS) is 20.8. The van der Waals surface area contributed by atoms with Gasteiger partial charge in [0.05, 0.1) is 0 Å². The van der Waals surface area contributed by atoms with E-state index in [-0.39, 0.29) is 6.04 Å². The van der Waals surface area contributed by atoms with E-state index >= 15 is 0 Å². The molecule has 0 aromatic heterocycles. The van der Waals surface area contributed by atoms with Crippen LogP contribution in [0.4, 0.5) is 0 Å². The fourth-order valence-electron chi connectivity index (χ4n) is 3.12. The lowest BCUT2D eigenvalue weighted by Crippen LogP contribution is -2.33. The average Bonchev–Trinajstić information content (AvgIpc) is 3.28. The van der Waals surface area contributed by atoms with Crippen LogP contribution in [0.5, 0.6) is 0 Å². The highest BCUT2D eigenvalue weighted by Crippen LogP contribution is 2.49. The van der Waals surface area contributed by atoms with Gasteiger partial charge in [-0.15, -0.1) is 0 Å². The third kappa shape index (κ3) is 3.31. The first-order chi connectivity index (χ1) is 9.29. The van der Waals surface area contributed by atoms with Gasteiger partial charge in [-0.05, 0) is 61.6 Å². The lowest BCUT2D eigenvalue weighted by atomic mass is 9.97. The van der Waals surface area contributed by atoms with Gasteiger partial charge < -0.3 is 11.1 Å². The van der Waals surface area contributed by atoms with Crippen molar-refractivity contribution in [2.24, 2.45) is 23.5 Å². The van der Waals surface area contributed by atoms with Gasteiger partial charge in [0.25, 0.3) is 0 Å². The summed E-state index contributed by atoms with van der Waals surface area (Å²) < 4.78 is 0. The third-order valence-electron chi connectivity index (χ3n) is 4.57. The molecule has 0 spiro atoms. The molecule has 2 nitrogen and oxygen atoms in total. The Bertz CT molecular complexity index is 415. The van der Waals surface area contributed by atoms with E-state index in [0.29, 0.717) is 6.54 Å². The molecule has 3 N–H and O–H groups in total. The Hall–Kier alpha value is -0.570. The summed E-state index contributed by atoms with van der Waals surface area (Å²) in [4.78, 5) is 0. The van der Waals surface area contributed by atoms with E-state index in [9.17, 15) is 0 Å². The maximum Gasteiger partial charge on any atom is 0.0459 e. The molecule has 0 aliphatic heterocycles. The van der Waals surface area contributed by atoms with E-state index in [4.69, 9.17) is 17.3 Å². The van der Waals surface area contributed by atoms with Crippen molar-refractivity contribution in [1.82, 2.24) is 5.32 Å². The van der Waals surface area contributed by atoms with E-state index < -0.39 is 0 Å². The van der Waals surface area contributed by atoms with E-state index in [1.807, 2.05) is 18.2 Å². The fourth-order valence-corrected chi connectivity index (χ4v) is 3.39. The number of nitrogens with two attached hydrogens (primary N) is 1. The summed E-state index contributed by atoms with van der Waals surface area (Å²) in [5.41, 5.74) is 7.06. The van der Waals surface area contributed by atoms with E-state index in [2.05, 4.69) is 11.4 Å². The van der Waals surface area contributed by atoms with Gasteiger partial charge in [0.15, 0.2) is 0 Å². The highest BCUT2D eigenvalue weighted by Gasteiger charge is 2.41. The molecule has 0 bridgehead atoms. The zero-order valence-corrected chi connectivity index (χ0v) is 12.1. The summed E-state index contributed by atoms with van der Waals surface area (Å²) >= 11 is 6.27. The highest BCUT2D eigenvalue weighted by molar-refractivity contribution is 6.31. The smallest absolute Gasteiger partial charge is 0.0459 e. The molecule has 1 aromatic carbocycles. The zero-order valence-electron chi connectivity index (χ0n) is 11.3. The Kier molecular flexibility index (Phi) is 4.11.